The van der Waals surface area contributed by atoms with Gasteiger partial charge >= 0.3 is 109 Å². The van der Waals surface area contributed by atoms with Gasteiger partial charge in [0, 0.05) is 24.8 Å². The van der Waals surface area contributed by atoms with E-state index in [-0.39, 0.29) is 103 Å². The van der Waals surface area contributed by atoms with E-state index in [2.05, 4.69) is 0 Å². The van der Waals surface area contributed by atoms with E-state index >= 15 is 0 Å². The molecule has 0 aromatic carbocycles. The Morgan fingerprint density at radius 3 is 1.37 bits per heavy atom. The van der Waals surface area contributed by atoms with E-state index in [4.69, 9.17) is 25.5 Å². The van der Waals surface area contributed by atoms with Crippen LogP contribution in [-0.2, 0) is 14.4 Å². The summed E-state index contributed by atoms with van der Waals surface area (Å²) in [5, 5.41) is 50.8. The molecule has 0 spiro atoms. The molecule has 19 heavy (non-hydrogen) atoms. The number of hydrogen-bond acceptors (Lipinski definition) is 8. The Labute approximate surface area is 190 Å². The van der Waals surface area contributed by atoms with E-state index in [9.17, 15) is 24.6 Å². The summed E-state index contributed by atoms with van der Waals surface area (Å²) in [5.41, 5.74) is -2.86. The van der Waals surface area contributed by atoms with Gasteiger partial charge in [0.05, 0.1) is 0 Å². The van der Waals surface area contributed by atoms with E-state index in [1.807, 2.05) is 0 Å². The minimum absolute atomic E-state index is 0. The molecule has 0 aromatic heterocycles. The van der Waals surface area contributed by atoms with Crippen LogP contribution in [0.4, 0.5) is 0 Å². The van der Waals surface area contributed by atoms with Gasteiger partial charge in [-0.1, -0.05) is 0 Å². The molecule has 0 bridgehead atoms. The van der Waals surface area contributed by atoms with Crippen LogP contribution in [0, 0.1) is 10.1 Å². The molecule has 0 rings (SSSR count). The first kappa shape index (κ1) is 28.1. The maximum Gasteiger partial charge on any atom is 1.00 e. The average Bonchev–Trinajstić information content (AvgIpc) is 1.98. The van der Waals surface area contributed by atoms with Crippen LogP contribution >= 0.6 is 0 Å². The van der Waals surface area contributed by atoms with Gasteiger partial charge in [-0.05, 0) is 0 Å². The molecule has 3 N–H and O–H groups in total. The van der Waals surface area contributed by atoms with E-state index in [0.29, 0.717) is 0 Å². The number of carbonyl (C=O) groups excluding carboxylic acids is 2. The van der Waals surface area contributed by atoms with Crippen molar-refractivity contribution >= 4 is 17.9 Å². The maximum absolute atomic E-state index is 10.3. The molecule has 0 amide bonds. The quantitative estimate of drug-likeness (QED) is 0.246. The van der Waals surface area contributed by atoms with Gasteiger partial charge in [0.15, 0.2) is 5.60 Å². The molecule has 0 fully saturated rings. The zero-order chi connectivity index (χ0) is 14.2. The Hall–Kier alpha value is 0.843. The summed E-state index contributed by atoms with van der Waals surface area (Å²) in [6.07, 6.45) is -2.59. The van der Waals surface area contributed by atoms with Crippen LogP contribution in [0.1, 0.15) is 12.8 Å². The van der Waals surface area contributed by atoms with Crippen molar-refractivity contribution in [1.82, 2.24) is 0 Å². The zero-order valence-corrected chi connectivity index (χ0v) is 16.3. The fourth-order valence-electron chi connectivity index (χ4n) is 0.691. The summed E-state index contributed by atoms with van der Waals surface area (Å²) >= 11 is 0. The fourth-order valence-corrected chi connectivity index (χ4v) is 0.691. The predicted molar refractivity (Wildman–Crippen MR) is 40.6 cm³/mol. The Balaban J connectivity index is -0.000000165. The smallest absolute Gasteiger partial charge is 0.550 e. The van der Waals surface area contributed by atoms with Gasteiger partial charge in [-0.15, -0.1) is 10.1 Å². The van der Waals surface area contributed by atoms with Crippen molar-refractivity contribution in [2.75, 3.05) is 0 Å². The molecule has 0 radical (unpaired) electrons. The molecular formula is C6H7K2NO10. The van der Waals surface area contributed by atoms with Crippen LogP contribution in [-0.4, -0.2) is 44.0 Å². The number of rotatable bonds is 5. The summed E-state index contributed by atoms with van der Waals surface area (Å²) in [4.78, 5) is 38.5. The molecule has 0 heterocycles. The first-order chi connectivity index (χ1) is 7.51. The largest absolute Gasteiger partial charge is 1.00 e. The molecule has 0 aliphatic carbocycles. The van der Waals surface area contributed by atoms with Crippen molar-refractivity contribution in [2.24, 2.45) is 0 Å². The van der Waals surface area contributed by atoms with Crippen LogP contribution < -0.4 is 113 Å². The fraction of sp³-hybridized carbons (Fsp3) is 0.500. The van der Waals surface area contributed by atoms with E-state index in [1.165, 1.54) is 0 Å². The molecule has 0 saturated carbocycles. The van der Waals surface area contributed by atoms with Gasteiger partial charge in [-0.3, -0.25) is 0 Å². The van der Waals surface area contributed by atoms with Crippen molar-refractivity contribution in [3.05, 3.63) is 10.1 Å². The van der Waals surface area contributed by atoms with Crippen LogP contribution in [0.25, 0.3) is 0 Å². The summed E-state index contributed by atoms with van der Waals surface area (Å²) in [7, 11) is 0. The maximum atomic E-state index is 10.3. The molecule has 11 nitrogen and oxygen atoms in total. The summed E-state index contributed by atoms with van der Waals surface area (Å²) in [5.74, 6) is -5.65. The number of hydrogen-bond donors (Lipinski definition) is 3. The second-order valence-electron chi connectivity index (χ2n) is 2.67. The Bertz CT molecular complexity index is 312. The molecular weight excluding hydrogens is 324 g/mol. The van der Waals surface area contributed by atoms with Gasteiger partial charge in [-0.2, -0.15) is 0 Å². The van der Waals surface area contributed by atoms with E-state index in [1.54, 1.807) is 0 Å². The molecule has 13 heteroatoms. The minimum Gasteiger partial charge on any atom is -0.550 e. The van der Waals surface area contributed by atoms with Crippen molar-refractivity contribution < 1.29 is 148 Å². The molecule has 98 valence electrons. The zero-order valence-electron chi connectivity index (χ0n) is 10.1. The molecule has 0 aliphatic rings. The third-order valence-corrected chi connectivity index (χ3v) is 1.27. The van der Waals surface area contributed by atoms with Gasteiger partial charge in [0.2, 0.25) is 0 Å². The predicted octanol–water partition coefficient (Wildman–Crippen LogP) is -10.3. The van der Waals surface area contributed by atoms with Gasteiger partial charge in [0.1, 0.15) is 0 Å². The summed E-state index contributed by atoms with van der Waals surface area (Å²) < 4.78 is 0. The second kappa shape index (κ2) is 13.8. The third-order valence-electron chi connectivity index (χ3n) is 1.27. The van der Waals surface area contributed by atoms with Crippen LogP contribution in [0.2, 0.25) is 0 Å². The van der Waals surface area contributed by atoms with Crippen LogP contribution in [0.3, 0.4) is 0 Å². The van der Waals surface area contributed by atoms with Crippen molar-refractivity contribution in [3.63, 3.8) is 0 Å². The van der Waals surface area contributed by atoms with Crippen LogP contribution in [0.5, 0.6) is 0 Å². The average molecular weight is 331 g/mol. The number of aliphatic carboxylic acids is 3. The van der Waals surface area contributed by atoms with Crippen LogP contribution in [0.15, 0.2) is 0 Å². The molecule has 0 atom stereocenters. The van der Waals surface area contributed by atoms with Gasteiger partial charge < -0.3 is 35.2 Å². The van der Waals surface area contributed by atoms with E-state index in [0.717, 1.165) is 0 Å². The topological polar surface area (TPSA) is 201 Å². The number of aliphatic hydroxyl groups is 1. The van der Waals surface area contributed by atoms with Gasteiger partial charge in [0.25, 0.3) is 5.09 Å². The SMILES string of the molecule is O=C([O-])CC(O)(CC(=O)[O-])C(=O)O.O=[N+]([O-])O.[K+].[K+]. The first-order valence-corrected chi connectivity index (χ1v) is 3.70. The van der Waals surface area contributed by atoms with Crippen molar-refractivity contribution in [3.8, 4) is 0 Å². The Kier molecular flexibility index (Phi) is 20.4. The normalized spacial score (nSPS) is 8.68. The Morgan fingerprint density at radius 1 is 1.05 bits per heavy atom. The molecule has 0 aromatic rings. The molecule has 0 saturated heterocycles. The standard InChI is InChI=1S/C6H8O7.2K.HNO3/c7-3(8)1-6(13,5(11)12)2-4(9)10;;;2-1(3)4/h13H,1-2H2,(H,7,8)(H,9,10)(H,11,12);;;(H,2,3,4)/q;2*+1;/p-2. The number of carboxylic acids is 3. The number of carbonyl (C=O) groups is 3. The monoisotopic (exact) mass is 331 g/mol. The van der Waals surface area contributed by atoms with Gasteiger partial charge in [-0.25, -0.2) is 4.79 Å². The summed E-state index contributed by atoms with van der Waals surface area (Å²) in [6, 6.07) is 0. The Morgan fingerprint density at radius 2 is 1.26 bits per heavy atom. The summed E-state index contributed by atoms with van der Waals surface area (Å²) in [6.45, 7) is 0. The van der Waals surface area contributed by atoms with Crippen molar-refractivity contribution in [2.45, 2.75) is 18.4 Å². The first-order valence-electron chi connectivity index (χ1n) is 3.70. The van der Waals surface area contributed by atoms with E-state index < -0.39 is 41.4 Å². The molecule has 0 unspecified atom stereocenters. The second-order valence-corrected chi connectivity index (χ2v) is 2.67. The third kappa shape index (κ3) is 18.8. The molecule has 0 aliphatic heterocycles. The van der Waals surface area contributed by atoms with Crippen molar-refractivity contribution in [1.29, 1.82) is 0 Å². The number of nitrogens with zero attached hydrogens (tertiary/aromatic N) is 1. The minimum atomic E-state index is -2.86. The number of carboxylic acid groups (broad SMARTS) is 3.